The van der Waals surface area contributed by atoms with E-state index < -0.39 is 17.1 Å². The molecular formula is C6H10ClNO4. The van der Waals surface area contributed by atoms with Crippen molar-refractivity contribution >= 4 is 23.1 Å². The van der Waals surface area contributed by atoms with E-state index in [1.54, 1.807) is 26.3 Å². The maximum Gasteiger partial charge on any atom is 0.441 e. The van der Waals surface area contributed by atoms with E-state index in [0.717, 1.165) is 0 Å². The molecule has 1 amide bonds. The Kier molecular flexibility index (Phi) is 3.82. The second-order valence-electron chi connectivity index (χ2n) is 2.94. The van der Waals surface area contributed by atoms with Gasteiger partial charge in [0.25, 0.3) is 0 Å². The summed E-state index contributed by atoms with van der Waals surface area (Å²) in [5.74, 6) is 0. The molecule has 0 spiro atoms. The van der Waals surface area contributed by atoms with Crippen LogP contribution in [0.3, 0.4) is 0 Å². The average Bonchev–Trinajstić information content (AvgIpc) is 1.79. The number of nitrogens with one attached hydrogen (secondary N) is 1. The van der Waals surface area contributed by atoms with Crippen molar-refractivity contribution in [1.29, 1.82) is 0 Å². The molecule has 0 rings (SSSR count). The summed E-state index contributed by atoms with van der Waals surface area (Å²) in [5.41, 5.74) is -0.0643. The Balaban J connectivity index is 3.68. The molecular weight excluding hydrogens is 186 g/mol. The van der Waals surface area contributed by atoms with Crippen molar-refractivity contribution in [2.45, 2.75) is 26.4 Å². The van der Waals surface area contributed by atoms with E-state index in [1.165, 1.54) is 0 Å². The molecule has 0 fully saturated rings. The zero-order valence-electron chi connectivity index (χ0n) is 7.01. The normalized spacial score (nSPS) is 10.3. The minimum Gasteiger partial charge on any atom is -0.442 e. The van der Waals surface area contributed by atoms with E-state index in [0.29, 0.717) is 0 Å². The standard InChI is InChI=1S/C6H10ClNO4/c1-6(2,3)11-5(10)8-12-4(7)9/h1-3H3,(H,8,10). The molecule has 0 aliphatic carbocycles. The molecule has 5 nitrogen and oxygen atoms in total. The Bertz CT molecular complexity index is 186. The van der Waals surface area contributed by atoms with Crippen molar-refractivity contribution in [3.05, 3.63) is 0 Å². The average molecular weight is 196 g/mol. The summed E-state index contributed by atoms with van der Waals surface area (Å²) in [6.45, 7) is 5.03. The number of amides is 1. The fraction of sp³-hybridized carbons (Fsp3) is 0.667. The van der Waals surface area contributed by atoms with Gasteiger partial charge in [-0.2, -0.15) is 0 Å². The predicted octanol–water partition coefficient (Wildman–Crippen LogP) is 1.80. The molecule has 1 N–H and O–H groups in total. The third-order valence-electron chi connectivity index (χ3n) is 0.613. The van der Waals surface area contributed by atoms with Crippen LogP contribution in [-0.2, 0) is 9.57 Å². The third kappa shape index (κ3) is 7.14. The van der Waals surface area contributed by atoms with Crippen LogP contribution in [0.4, 0.5) is 9.59 Å². The first-order valence-electron chi connectivity index (χ1n) is 3.16. The Labute approximate surface area is 74.9 Å². The minimum absolute atomic E-state index is 0.636. The first kappa shape index (κ1) is 11.0. The summed E-state index contributed by atoms with van der Waals surface area (Å²) in [6, 6.07) is 0. The van der Waals surface area contributed by atoms with Crippen LogP contribution in [0.15, 0.2) is 0 Å². The van der Waals surface area contributed by atoms with Crippen LogP contribution in [0, 0.1) is 0 Å². The molecule has 0 aliphatic heterocycles. The summed E-state index contributed by atoms with van der Waals surface area (Å²) >= 11 is 4.76. The van der Waals surface area contributed by atoms with E-state index in [9.17, 15) is 9.59 Å². The Morgan fingerprint density at radius 3 is 2.17 bits per heavy atom. The summed E-state index contributed by atoms with van der Waals surface area (Å²) in [6.07, 6.45) is -0.864. The van der Waals surface area contributed by atoms with Crippen LogP contribution in [0.5, 0.6) is 0 Å². The van der Waals surface area contributed by atoms with Crippen LogP contribution < -0.4 is 5.48 Å². The lowest BCUT2D eigenvalue weighted by Crippen LogP contribution is -2.33. The van der Waals surface area contributed by atoms with Gasteiger partial charge in [0.15, 0.2) is 0 Å². The Morgan fingerprint density at radius 1 is 1.33 bits per heavy atom. The van der Waals surface area contributed by atoms with Crippen molar-refractivity contribution in [2.75, 3.05) is 0 Å². The SMILES string of the molecule is CC(C)(C)OC(=O)NOC(=O)Cl. The third-order valence-corrected chi connectivity index (χ3v) is 0.691. The molecule has 0 saturated carbocycles. The lowest BCUT2D eigenvalue weighted by atomic mass is 10.2. The van der Waals surface area contributed by atoms with E-state index in [2.05, 4.69) is 4.84 Å². The van der Waals surface area contributed by atoms with E-state index >= 15 is 0 Å². The Hall–Kier alpha value is -0.970. The second kappa shape index (κ2) is 4.15. The molecule has 0 atom stereocenters. The highest BCUT2D eigenvalue weighted by atomic mass is 35.5. The van der Waals surface area contributed by atoms with Crippen molar-refractivity contribution in [3.8, 4) is 0 Å². The minimum atomic E-state index is -1.12. The van der Waals surface area contributed by atoms with Crippen molar-refractivity contribution < 1.29 is 19.2 Å². The largest absolute Gasteiger partial charge is 0.442 e. The Morgan fingerprint density at radius 2 is 1.83 bits per heavy atom. The van der Waals surface area contributed by atoms with Crippen molar-refractivity contribution in [1.82, 2.24) is 5.48 Å². The molecule has 0 bridgehead atoms. The predicted molar refractivity (Wildman–Crippen MR) is 41.7 cm³/mol. The topological polar surface area (TPSA) is 64.6 Å². The summed E-state index contributed by atoms with van der Waals surface area (Å²) in [5, 5.41) is 0. The second-order valence-corrected chi connectivity index (χ2v) is 3.25. The molecule has 6 heteroatoms. The number of hydrogen-bond donors (Lipinski definition) is 1. The van der Waals surface area contributed by atoms with Gasteiger partial charge in [0.05, 0.1) is 0 Å². The first-order chi connectivity index (χ1) is 5.31. The van der Waals surface area contributed by atoms with Gasteiger partial charge < -0.3 is 9.57 Å². The lowest BCUT2D eigenvalue weighted by Gasteiger charge is -2.18. The highest BCUT2D eigenvalue weighted by molar-refractivity contribution is 6.61. The molecule has 0 aromatic rings. The van der Waals surface area contributed by atoms with Crippen LogP contribution in [0.1, 0.15) is 20.8 Å². The number of ether oxygens (including phenoxy) is 1. The number of hydroxylamine groups is 1. The van der Waals surface area contributed by atoms with Crippen molar-refractivity contribution in [2.24, 2.45) is 0 Å². The summed E-state index contributed by atoms with van der Waals surface area (Å²) in [4.78, 5) is 24.6. The van der Waals surface area contributed by atoms with E-state index in [1.807, 2.05) is 0 Å². The molecule has 0 heterocycles. The lowest BCUT2D eigenvalue weighted by molar-refractivity contribution is 0.0196. The van der Waals surface area contributed by atoms with Crippen LogP contribution >= 0.6 is 11.6 Å². The number of carbonyl (C=O) groups is 2. The quantitative estimate of drug-likeness (QED) is 0.473. The number of rotatable bonds is 0. The molecule has 12 heavy (non-hydrogen) atoms. The molecule has 0 aliphatic rings. The van der Waals surface area contributed by atoms with Gasteiger partial charge in [-0.1, -0.05) is 0 Å². The van der Waals surface area contributed by atoms with Gasteiger partial charge in [-0.15, -0.1) is 5.48 Å². The molecule has 0 aromatic carbocycles. The maximum absolute atomic E-state index is 10.7. The van der Waals surface area contributed by atoms with E-state index in [-0.39, 0.29) is 0 Å². The molecule has 70 valence electrons. The molecule has 0 radical (unpaired) electrons. The number of halogens is 1. The number of carbonyl (C=O) groups excluding carboxylic acids is 2. The van der Waals surface area contributed by atoms with Crippen LogP contribution in [-0.4, -0.2) is 17.1 Å². The van der Waals surface area contributed by atoms with Gasteiger partial charge in [-0.3, -0.25) is 0 Å². The maximum atomic E-state index is 10.7. The van der Waals surface area contributed by atoms with Crippen LogP contribution in [0.25, 0.3) is 0 Å². The van der Waals surface area contributed by atoms with Crippen LogP contribution in [0.2, 0.25) is 0 Å². The van der Waals surface area contributed by atoms with Gasteiger partial charge in [0.1, 0.15) is 5.60 Å². The fourth-order valence-corrected chi connectivity index (χ4v) is 0.419. The first-order valence-corrected chi connectivity index (χ1v) is 3.54. The highest BCUT2D eigenvalue weighted by Crippen LogP contribution is 2.06. The summed E-state index contributed by atoms with van der Waals surface area (Å²) < 4.78 is 4.70. The van der Waals surface area contributed by atoms with Gasteiger partial charge >= 0.3 is 11.5 Å². The van der Waals surface area contributed by atoms with E-state index in [4.69, 9.17) is 16.3 Å². The van der Waals surface area contributed by atoms with Gasteiger partial charge in [-0.25, -0.2) is 9.59 Å². The van der Waals surface area contributed by atoms with Gasteiger partial charge in [0.2, 0.25) is 0 Å². The zero-order chi connectivity index (χ0) is 9.78. The van der Waals surface area contributed by atoms with Crippen molar-refractivity contribution in [3.63, 3.8) is 0 Å². The zero-order valence-corrected chi connectivity index (χ0v) is 7.77. The summed E-state index contributed by atoms with van der Waals surface area (Å²) in [7, 11) is 0. The fourth-order valence-electron chi connectivity index (χ4n) is 0.381. The smallest absolute Gasteiger partial charge is 0.441 e. The molecule has 0 unspecified atom stereocenters. The molecule has 0 aromatic heterocycles. The van der Waals surface area contributed by atoms with Gasteiger partial charge in [0, 0.05) is 11.6 Å². The molecule has 0 saturated heterocycles. The van der Waals surface area contributed by atoms with Gasteiger partial charge in [-0.05, 0) is 20.8 Å². The number of hydrogen-bond acceptors (Lipinski definition) is 4. The monoisotopic (exact) mass is 195 g/mol. The highest BCUT2D eigenvalue weighted by Gasteiger charge is 2.16.